The molecule has 0 amide bonds. The van der Waals surface area contributed by atoms with Gasteiger partial charge in [0.05, 0.1) is 0 Å². The zero-order valence-electron chi connectivity index (χ0n) is 11.3. The number of rotatable bonds is 4. The lowest BCUT2D eigenvalue weighted by molar-refractivity contribution is -0.136. The molecule has 2 aromatic carbocycles. The lowest BCUT2D eigenvalue weighted by Gasteiger charge is -2.02. The summed E-state index contributed by atoms with van der Waals surface area (Å²) in [6.45, 7) is 0. The van der Waals surface area contributed by atoms with Gasteiger partial charge in [-0.1, -0.05) is 54.6 Å². The van der Waals surface area contributed by atoms with E-state index in [-0.39, 0.29) is 6.42 Å². The van der Waals surface area contributed by atoms with Crippen LogP contribution in [0, 0.1) is 0 Å². The number of carboxylic acid groups (broad SMARTS) is 1. The molecule has 3 aromatic rings. The largest absolute Gasteiger partial charge is 0.481 e. The van der Waals surface area contributed by atoms with E-state index < -0.39 is 5.97 Å². The Morgan fingerprint density at radius 1 is 0.810 bits per heavy atom. The van der Waals surface area contributed by atoms with Crippen molar-refractivity contribution in [2.45, 2.75) is 6.42 Å². The minimum atomic E-state index is -0.893. The number of hydrogen-bond acceptors (Lipinski definition) is 2. The van der Waals surface area contributed by atoms with Gasteiger partial charge in [-0.2, -0.15) is 0 Å². The molecule has 104 valence electrons. The third kappa shape index (κ3) is 3.03. The van der Waals surface area contributed by atoms with E-state index in [1.165, 1.54) is 0 Å². The fourth-order valence-electron chi connectivity index (χ4n) is 2.23. The Bertz CT molecular complexity index is 740. The van der Waals surface area contributed by atoms with Gasteiger partial charge in [-0.15, -0.1) is 0 Å². The summed E-state index contributed by atoms with van der Waals surface area (Å²) in [6.07, 6.45) is -0.0951. The quantitative estimate of drug-likeness (QED) is 0.776. The second kappa shape index (κ2) is 5.67. The summed E-state index contributed by atoms with van der Waals surface area (Å²) in [6, 6.07) is 21.7. The summed E-state index contributed by atoms with van der Waals surface area (Å²) in [5, 5.41) is 8.75. The van der Waals surface area contributed by atoms with Crippen LogP contribution >= 0.6 is 0 Å². The third-order valence-electron chi connectivity index (χ3n) is 3.26. The van der Waals surface area contributed by atoms with Gasteiger partial charge in [-0.05, 0) is 23.3 Å². The van der Waals surface area contributed by atoms with Crippen LogP contribution in [0.2, 0.25) is 0 Å². The first-order valence-electron chi connectivity index (χ1n) is 6.69. The van der Waals surface area contributed by atoms with E-state index >= 15 is 0 Å². The first-order valence-corrected chi connectivity index (χ1v) is 6.69. The summed E-state index contributed by atoms with van der Waals surface area (Å²) >= 11 is 0. The number of hydrogen-bond donors (Lipinski definition) is 1. The van der Waals surface area contributed by atoms with Crippen LogP contribution in [-0.4, -0.2) is 11.1 Å². The van der Waals surface area contributed by atoms with E-state index in [0.29, 0.717) is 11.5 Å². The van der Waals surface area contributed by atoms with Crippen LogP contribution in [0.4, 0.5) is 0 Å². The van der Waals surface area contributed by atoms with Gasteiger partial charge in [0, 0.05) is 5.56 Å². The summed E-state index contributed by atoms with van der Waals surface area (Å²) in [4.78, 5) is 10.7. The maximum atomic E-state index is 10.7. The zero-order chi connectivity index (χ0) is 14.7. The zero-order valence-corrected chi connectivity index (χ0v) is 11.3. The van der Waals surface area contributed by atoms with Crippen LogP contribution in [0.1, 0.15) is 5.76 Å². The van der Waals surface area contributed by atoms with Crippen molar-refractivity contribution in [1.29, 1.82) is 0 Å². The number of benzene rings is 2. The van der Waals surface area contributed by atoms with Gasteiger partial charge in [0.25, 0.3) is 0 Å². The van der Waals surface area contributed by atoms with Crippen molar-refractivity contribution in [2.75, 3.05) is 0 Å². The fourth-order valence-corrected chi connectivity index (χ4v) is 2.23. The number of carbonyl (C=O) groups is 1. The molecule has 0 unspecified atom stereocenters. The molecule has 21 heavy (non-hydrogen) atoms. The van der Waals surface area contributed by atoms with Crippen molar-refractivity contribution in [3.05, 3.63) is 72.5 Å². The van der Waals surface area contributed by atoms with Gasteiger partial charge >= 0.3 is 5.97 Å². The van der Waals surface area contributed by atoms with E-state index in [2.05, 4.69) is 12.1 Å². The Labute approximate surface area is 122 Å². The van der Waals surface area contributed by atoms with Crippen LogP contribution < -0.4 is 0 Å². The van der Waals surface area contributed by atoms with Crippen LogP contribution in [-0.2, 0) is 11.2 Å². The van der Waals surface area contributed by atoms with Crippen LogP contribution in [0.15, 0.2) is 71.1 Å². The average Bonchev–Trinajstić information content (AvgIpc) is 2.96. The summed E-state index contributed by atoms with van der Waals surface area (Å²) in [7, 11) is 0. The SMILES string of the molecule is O=C(O)Cc1ccc(-c2ccc(-c3ccccc3)cc2)o1. The van der Waals surface area contributed by atoms with Crippen molar-refractivity contribution in [2.24, 2.45) is 0 Å². The van der Waals surface area contributed by atoms with Crippen molar-refractivity contribution in [3.63, 3.8) is 0 Å². The molecule has 0 aliphatic carbocycles. The molecule has 0 spiro atoms. The van der Waals surface area contributed by atoms with Crippen molar-refractivity contribution in [3.8, 4) is 22.5 Å². The molecule has 0 aliphatic heterocycles. The lowest BCUT2D eigenvalue weighted by atomic mass is 10.0. The van der Waals surface area contributed by atoms with E-state index in [4.69, 9.17) is 9.52 Å². The predicted octanol–water partition coefficient (Wildman–Crippen LogP) is 4.24. The molecule has 0 aliphatic rings. The molecule has 3 nitrogen and oxygen atoms in total. The smallest absolute Gasteiger partial charge is 0.311 e. The average molecular weight is 278 g/mol. The second-order valence-electron chi connectivity index (χ2n) is 4.78. The molecule has 0 saturated carbocycles. The first kappa shape index (κ1) is 13.2. The van der Waals surface area contributed by atoms with Crippen LogP contribution in [0.25, 0.3) is 22.5 Å². The van der Waals surface area contributed by atoms with E-state index in [9.17, 15) is 4.79 Å². The van der Waals surface area contributed by atoms with Crippen molar-refractivity contribution >= 4 is 5.97 Å². The lowest BCUT2D eigenvalue weighted by Crippen LogP contribution is -1.97. The molecule has 0 radical (unpaired) electrons. The Morgan fingerprint density at radius 3 is 2.10 bits per heavy atom. The standard InChI is InChI=1S/C18H14O3/c19-18(20)12-16-10-11-17(21-16)15-8-6-14(7-9-15)13-4-2-1-3-5-13/h1-11H,12H2,(H,19,20). The number of carboxylic acids is 1. The van der Waals surface area contributed by atoms with E-state index in [1.807, 2.05) is 42.5 Å². The minimum absolute atomic E-state index is 0.0951. The molecule has 1 N–H and O–H groups in total. The van der Waals surface area contributed by atoms with Crippen molar-refractivity contribution in [1.82, 2.24) is 0 Å². The molecule has 3 rings (SSSR count). The third-order valence-corrected chi connectivity index (χ3v) is 3.26. The maximum absolute atomic E-state index is 10.7. The topological polar surface area (TPSA) is 50.4 Å². The molecule has 1 aromatic heterocycles. The molecule has 3 heteroatoms. The predicted molar refractivity (Wildman–Crippen MR) is 80.9 cm³/mol. The Hall–Kier alpha value is -2.81. The maximum Gasteiger partial charge on any atom is 0.311 e. The highest BCUT2D eigenvalue weighted by molar-refractivity contribution is 5.71. The van der Waals surface area contributed by atoms with Crippen molar-refractivity contribution < 1.29 is 14.3 Å². The van der Waals surface area contributed by atoms with Gasteiger partial charge in [0.1, 0.15) is 17.9 Å². The van der Waals surface area contributed by atoms with E-state index in [0.717, 1.165) is 16.7 Å². The highest BCUT2D eigenvalue weighted by atomic mass is 16.4. The van der Waals surface area contributed by atoms with Gasteiger partial charge in [0.2, 0.25) is 0 Å². The van der Waals surface area contributed by atoms with Crippen LogP contribution in [0.3, 0.4) is 0 Å². The molecule has 0 atom stereocenters. The fraction of sp³-hybridized carbons (Fsp3) is 0.0556. The summed E-state index contributed by atoms with van der Waals surface area (Å²) in [5.74, 6) is 0.255. The summed E-state index contributed by atoms with van der Waals surface area (Å²) < 4.78 is 5.55. The monoisotopic (exact) mass is 278 g/mol. The highest BCUT2D eigenvalue weighted by Gasteiger charge is 2.08. The first-order chi connectivity index (χ1) is 10.2. The van der Waals surface area contributed by atoms with Gasteiger partial charge in [-0.25, -0.2) is 0 Å². The molecule has 0 bridgehead atoms. The molecule has 0 fully saturated rings. The van der Waals surface area contributed by atoms with Gasteiger partial charge < -0.3 is 9.52 Å². The molecule has 0 saturated heterocycles. The number of furan rings is 1. The molecule has 1 heterocycles. The Balaban J connectivity index is 1.84. The van der Waals surface area contributed by atoms with Gasteiger partial charge in [-0.3, -0.25) is 4.79 Å². The Kier molecular flexibility index (Phi) is 3.56. The highest BCUT2D eigenvalue weighted by Crippen LogP contribution is 2.26. The molecular weight excluding hydrogens is 264 g/mol. The van der Waals surface area contributed by atoms with Crippen LogP contribution in [0.5, 0.6) is 0 Å². The Morgan fingerprint density at radius 2 is 1.43 bits per heavy atom. The van der Waals surface area contributed by atoms with Gasteiger partial charge in [0.15, 0.2) is 0 Å². The second-order valence-corrected chi connectivity index (χ2v) is 4.78. The summed E-state index contributed by atoms with van der Waals surface area (Å²) in [5.41, 5.74) is 3.23. The van der Waals surface area contributed by atoms with E-state index in [1.54, 1.807) is 12.1 Å². The molecular formula is C18H14O3. The normalized spacial score (nSPS) is 10.5. The number of aliphatic carboxylic acids is 1. The minimum Gasteiger partial charge on any atom is -0.481 e.